The van der Waals surface area contributed by atoms with E-state index in [1.54, 1.807) is 4.57 Å². The van der Waals surface area contributed by atoms with E-state index in [4.69, 9.17) is 12.2 Å². The van der Waals surface area contributed by atoms with E-state index in [0.29, 0.717) is 17.1 Å². The highest BCUT2D eigenvalue weighted by molar-refractivity contribution is 7.71. The van der Waals surface area contributed by atoms with E-state index < -0.39 is 0 Å². The number of hydrogen-bond acceptors (Lipinski definition) is 4. The quantitative estimate of drug-likeness (QED) is 0.725. The van der Waals surface area contributed by atoms with Gasteiger partial charge in [-0.2, -0.15) is 5.10 Å². The first-order valence-electron chi connectivity index (χ1n) is 8.21. The third-order valence-corrected chi connectivity index (χ3v) is 4.86. The van der Waals surface area contributed by atoms with Crippen molar-refractivity contribution in [3.63, 3.8) is 0 Å². The first-order chi connectivity index (χ1) is 11.5. The zero-order chi connectivity index (χ0) is 17.1. The van der Waals surface area contributed by atoms with Gasteiger partial charge in [-0.05, 0) is 32.0 Å². The van der Waals surface area contributed by atoms with Crippen LogP contribution in [0.4, 0.5) is 0 Å². The number of aromatic nitrogens is 3. The van der Waals surface area contributed by atoms with E-state index in [0.717, 1.165) is 30.4 Å². The maximum absolute atomic E-state index is 12.3. The first-order valence-corrected chi connectivity index (χ1v) is 8.62. The van der Waals surface area contributed by atoms with Crippen LogP contribution >= 0.6 is 12.2 Å². The fourth-order valence-corrected chi connectivity index (χ4v) is 3.28. The summed E-state index contributed by atoms with van der Waals surface area (Å²) in [7, 11) is 0. The van der Waals surface area contributed by atoms with Crippen molar-refractivity contribution in [3.8, 4) is 11.4 Å². The normalized spacial score (nSPS) is 20.2. The summed E-state index contributed by atoms with van der Waals surface area (Å²) in [6.07, 6.45) is 2.50. The number of aliphatic hydroxyl groups excluding tert-OH is 1. The Morgan fingerprint density at radius 2 is 2.17 bits per heavy atom. The lowest BCUT2D eigenvalue weighted by Crippen LogP contribution is -2.34. The van der Waals surface area contributed by atoms with Crippen LogP contribution in [0.5, 0.6) is 0 Å². The van der Waals surface area contributed by atoms with Gasteiger partial charge in [-0.1, -0.05) is 36.2 Å². The lowest BCUT2D eigenvalue weighted by atomic mass is 10.1. The Morgan fingerprint density at radius 1 is 1.42 bits per heavy atom. The van der Waals surface area contributed by atoms with Gasteiger partial charge in [0.25, 0.3) is 0 Å². The number of H-pyrrole nitrogens is 1. The predicted molar refractivity (Wildman–Crippen MR) is 93.9 cm³/mol. The van der Waals surface area contributed by atoms with Gasteiger partial charge >= 0.3 is 0 Å². The molecule has 0 unspecified atom stereocenters. The Balaban J connectivity index is 1.68. The second-order valence-corrected chi connectivity index (χ2v) is 6.75. The third-order valence-electron chi connectivity index (χ3n) is 4.55. The number of benzene rings is 1. The lowest BCUT2D eigenvalue weighted by Gasteiger charge is -2.15. The molecule has 3 rings (SSSR count). The molecule has 1 aromatic carbocycles. The minimum Gasteiger partial charge on any atom is -0.393 e. The topological polar surface area (TPSA) is 82.9 Å². The molecular formula is C17H22N4O2S. The molecule has 1 fully saturated rings. The van der Waals surface area contributed by atoms with Crippen LogP contribution in [0.1, 0.15) is 24.8 Å². The number of nitrogens with one attached hydrogen (secondary N) is 2. The average molecular weight is 346 g/mol. The predicted octanol–water partition coefficient (Wildman–Crippen LogP) is 2.19. The van der Waals surface area contributed by atoms with Crippen molar-refractivity contribution in [2.24, 2.45) is 5.92 Å². The van der Waals surface area contributed by atoms with Crippen molar-refractivity contribution in [1.29, 1.82) is 0 Å². The minimum absolute atomic E-state index is 0.112. The highest BCUT2D eigenvalue weighted by atomic mass is 32.1. The minimum atomic E-state index is -0.301. The fraction of sp³-hybridized carbons (Fsp3) is 0.471. The molecule has 2 aromatic rings. The summed E-state index contributed by atoms with van der Waals surface area (Å²) in [5, 5.41) is 19.7. The highest BCUT2D eigenvalue weighted by Gasteiger charge is 2.25. The van der Waals surface area contributed by atoms with Gasteiger partial charge in [0.05, 0.1) is 6.10 Å². The maximum atomic E-state index is 12.3. The summed E-state index contributed by atoms with van der Waals surface area (Å²) in [5.74, 6) is 0.679. The number of rotatable bonds is 5. The molecule has 0 aliphatic heterocycles. The molecular weight excluding hydrogens is 324 g/mol. The third kappa shape index (κ3) is 3.73. The van der Waals surface area contributed by atoms with Gasteiger partial charge in [-0.25, -0.2) is 0 Å². The largest absolute Gasteiger partial charge is 0.393 e. The molecule has 24 heavy (non-hydrogen) atoms. The number of carbonyl (C=O) groups excluding carboxylic acids is 1. The number of aryl methyl sites for hydroxylation is 1. The SMILES string of the molecule is Cc1ccc(-c2n[nH]c(=S)n2CC(=O)NC[C@H]2CCC[C@H]2O)cc1. The monoisotopic (exact) mass is 346 g/mol. The van der Waals surface area contributed by atoms with Gasteiger partial charge in [-0.15, -0.1) is 0 Å². The summed E-state index contributed by atoms with van der Waals surface area (Å²) in [6.45, 7) is 2.64. The molecule has 1 heterocycles. The first kappa shape index (κ1) is 16.9. The molecule has 0 spiro atoms. The smallest absolute Gasteiger partial charge is 0.240 e. The number of aliphatic hydroxyl groups is 1. The Hall–Kier alpha value is -1.99. The van der Waals surface area contributed by atoms with Crippen LogP contribution in [0.25, 0.3) is 11.4 Å². The number of carbonyl (C=O) groups is 1. The zero-order valence-corrected chi connectivity index (χ0v) is 14.5. The molecule has 6 nitrogen and oxygen atoms in total. The molecule has 1 saturated carbocycles. The molecule has 3 N–H and O–H groups in total. The second-order valence-electron chi connectivity index (χ2n) is 6.37. The second kappa shape index (κ2) is 7.27. The van der Waals surface area contributed by atoms with Crippen LogP contribution in [0.15, 0.2) is 24.3 Å². The summed E-state index contributed by atoms with van der Waals surface area (Å²) >= 11 is 5.25. The number of amides is 1. The van der Waals surface area contributed by atoms with Crippen molar-refractivity contribution >= 4 is 18.1 Å². The summed E-state index contributed by atoms with van der Waals surface area (Å²) in [4.78, 5) is 12.3. The molecule has 2 atom stereocenters. The van der Waals surface area contributed by atoms with Gasteiger partial charge in [0.15, 0.2) is 10.6 Å². The van der Waals surface area contributed by atoms with Crippen molar-refractivity contribution in [2.45, 2.75) is 38.8 Å². The van der Waals surface area contributed by atoms with Crippen molar-refractivity contribution in [3.05, 3.63) is 34.6 Å². The van der Waals surface area contributed by atoms with E-state index in [9.17, 15) is 9.90 Å². The summed E-state index contributed by atoms with van der Waals surface area (Å²) in [6, 6.07) is 7.92. The molecule has 1 aliphatic carbocycles. The number of hydrogen-bond donors (Lipinski definition) is 3. The van der Waals surface area contributed by atoms with Gasteiger partial charge in [0.2, 0.25) is 5.91 Å². The summed E-state index contributed by atoms with van der Waals surface area (Å²) in [5.41, 5.74) is 2.07. The molecule has 1 aromatic heterocycles. The van der Waals surface area contributed by atoms with Crippen LogP contribution in [0.2, 0.25) is 0 Å². The lowest BCUT2D eigenvalue weighted by molar-refractivity contribution is -0.121. The highest BCUT2D eigenvalue weighted by Crippen LogP contribution is 2.24. The van der Waals surface area contributed by atoms with Crippen LogP contribution in [-0.4, -0.2) is 38.4 Å². The van der Waals surface area contributed by atoms with Crippen LogP contribution in [-0.2, 0) is 11.3 Å². The van der Waals surface area contributed by atoms with E-state index >= 15 is 0 Å². The Morgan fingerprint density at radius 3 is 2.83 bits per heavy atom. The van der Waals surface area contributed by atoms with Gasteiger partial charge in [0, 0.05) is 18.0 Å². The van der Waals surface area contributed by atoms with Crippen LogP contribution in [0.3, 0.4) is 0 Å². The van der Waals surface area contributed by atoms with Crippen LogP contribution < -0.4 is 5.32 Å². The van der Waals surface area contributed by atoms with E-state index in [2.05, 4.69) is 15.5 Å². The molecule has 0 bridgehead atoms. The van der Waals surface area contributed by atoms with Crippen molar-refractivity contribution in [1.82, 2.24) is 20.1 Å². The molecule has 1 amide bonds. The van der Waals surface area contributed by atoms with Gasteiger partial charge in [0.1, 0.15) is 6.54 Å². The van der Waals surface area contributed by atoms with Crippen molar-refractivity contribution in [2.75, 3.05) is 6.54 Å². The molecule has 7 heteroatoms. The van der Waals surface area contributed by atoms with E-state index in [1.807, 2.05) is 31.2 Å². The average Bonchev–Trinajstić information content (AvgIpc) is 3.13. The molecule has 128 valence electrons. The molecule has 0 saturated heterocycles. The summed E-state index contributed by atoms with van der Waals surface area (Å²) < 4.78 is 2.11. The van der Waals surface area contributed by atoms with Crippen molar-refractivity contribution < 1.29 is 9.90 Å². The van der Waals surface area contributed by atoms with Gasteiger partial charge in [-0.3, -0.25) is 14.5 Å². The zero-order valence-electron chi connectivity index (χ0n) is 13.7. The Kier molecular flexibility index (Phi) is 5.11. The molecule has 1 aliphatic rings. The molecule has 0 radical (unpaired) electrons. The van der Waals surface area contributed by atoms with Crippen LogP contribution in [0, 0.1) is 17.6 Å². The fourth-order valence-electron chi connectivity index (χ4n) is 3.09. The van der Waals surface area contributed by atoms with E-state index in [-0.39, 0.29) is 24.5 Å². The van der Waals surface area contributed by atoms with E-state index in [1.165, 1.54) is 0 Å². The number of aromatic amines is 1. The number of nitrogens with zero attached hydrogens (tertiary/aromatic N) is 2. The Bertz CT molecular complexity index is 766. The maximum Gasteiger partial charge on any atom is 0.240 e. The standard InChI is InChI=1S/C17H22N4O2S/c1-11-5-7-12(8-6-11)16-19-20-17(24)21(16)10-15(23)18-9-13-3-2-4-14(13)22/h5-8,13-14,22H,2-4,9-10H2,1H3,(H,18,23)(H,20,24)/t13-,14-/m1/s1. The Labute approximate surface area is 145 Å². The van der Waals surface area contributed by atoms with Gasteiger partial charge < -0.3 is 10.4 Å².